The van der Waals surface area contributed by atoms with Crippen molar-refractivity contribution in [1.82, 2.24) is 5.32 Å². The van der Waals surface area contributed by atoms with Gasteiger partial charge in [-0.25, -0.2) is 0 Å². The minimum Gasteiger partial charge on any atom is -0.392 e. The summed E-state index contributed by atoms with van der Waals surface area (Å²) in [6, 6.07) is 0.823. The quantitative estimate of drug-likeness (QED) is 0.771. The van der Waals surface area contributed by atoms with E-state index in [0.717, 1.165) is 45.1 Å². The van der Waals surface area contributed by atoms with Gasteiger partial charge in [0.25, 0.3) is 0 Å². The van der Waals surface area contributed by atoms with E-state index in [1.165, 1.54) is 19.3 Å². The van der Waals surface area contributed by atoms with Crippen LogP contribution < -0.4 is 5.32 Å². The first-order valence-electron chi connectivity index (χ1n) is 8.27. The highest BCUT2D eigenvalue weighted by molar-refractivity contribution is 4.91. The zero-order valence-corrected chi connectivity index (χ0v) is 12.7. The summed E-state index contributed by atoms with van der Waals surface area (Å²) in [6.07, 6.45) is 10.0. The zero-order valence-electron chi connectivity index (χ0n) is 12.7. The second-order valence-electron chi connectivity index (χ2n) is 6.41. The fraction of sp³-hybridized carbons (Fsp3) is 1.00. The Labute approximate surface area is 118 Å². The molecule has 3 unspecified atom stereocenters. The van der Waals surface area contributed by atoms with Crippen LogP contribution in [0.4, 0.5) is 0 Å². The number of nitrogens with one attached hydrogen (secondary N) is 1. The summed E-state index contributed by atoms with van der Waals surface area (Å²) in [5.74, 6) is 0. The van der Waals surface area contributed by atoms with Gasteiger partial charge < -0.3 is 15.2 Å². The molecule has 1 saturated carbocycles. The van der Waals surface area contributed by atoms with Crippen molar-refractivity contribution in [1.29, 1.82) is 0 Å². The molecule has 1 aliphatic carbocycles. The lowest BCUT2D eigenvalue weighted by molar-refractivity contribution is -0.0956. The molecule has 2 fully saturated rings. The van der Waals surface area contributed by atoms with Crippen molar-refractivity contribution >= 4 is 0 Å². The Bertz CT molecular complexity index is 265. The zero-order chi connectivity index (χ0) is 13.7. The van der Waals surface area contributed by atoms with Crippen LogP contribution in [0.5, 0.6) is 0 Å². The molecule has 0 amide bonds. The van der Waals surface area contributed by atoms with Crippen molar-refractivity contribution < 1.29 is 9.84 Å². The number of ether oxygens (including phenoxy) is 1. The van der Waals surface area contributed by atoms with Gasteiger partial charge in [-0.05, 0) is 38.5 Å². The lowest BCUT2D eigenvalue weighted by Crippen LogP contribution is -2.52. The molecule has 1 saturated heterocycles. The van der Waals surface area contributed by atoms with Gasteiger partial charge in [-0.15, -0.1) is 0 Å². The van der Waals surface area contributed by atoms with E-state index < -0.39 is 0 Å². The largest absolute Gasteiger partial charge is 0.392 e. The van der Waals surface area contributed by atoms with Gasteiger partial charge in [0, 0.05) is 18.7 Å². The summed E-state index contributed by atoms with van der Waals surface area (Å²) in [5, 5.41) is 14.0. The molecule has 3 nitrogen and oxygen atoms in total. The summed E-state index contributed by atoms with van der Waals surface area (Å²) in [5.41, 5.74) is 0.0750. The Balaban J connectivity index is 1.90. The van der Waals surface area contributed by atoms with Crippen LogP contribution in [0.25, 0.3) is 0 Å². The van der Waals surface area contributed by atoms with Crippen LogP contribution in [-0.4, -0.2) is 35.5 Å². The first-order valence-corrected chi connectivity index (χ1v) is 8.27. The molecule has 2 rings (SSSR count). The smallest absolute Gasteiger partial charge is 0.0693 e. The molecule has 112 valence electrons. The van der Waals surface area contributed by atoms with Gasteiger partial charge in [0.05, 0.1) is 11.7 Å². The molecule has 2 N–H and O–H groups in total. The van der Waals surface area contributed by atoms with E-state index in [1.54, 1.807) is 0 Å². The van der Waals surface area contributed by atoms with Gasteiger partial charge in [-0.1, -0.05) is 33.1 Å². The van der Waals surface area contributed by atoms with Crippen LogP contribution in [0, 0.1) is 0 Å². The summed E-state index contributed by atoms with van der Waals surface area (Å²) in [7, 11) is 0. The van der Waals surface area contributed by atoms with Gasteiger partial charge in [0.2, 0.25) is 0 Å². The Morgan fingerprint density at radius 2 is 1.84 bits per heavy atom. The van der Waals surface area contributed by atoms with Gasteiger partial charge in [0.15, 0.2) is 0 Å². The minimum atomic E-state index is -0.150. The maximum absolute atomic E-state index is 10.2. The highest BCUT2D eigenvalue weighted by Crippen LogP contribution is 2.32. The van der Waals surface area contributed by atoms with Gasteiger partial charge in [0.1, 0.15) is 0 Å². The monoisotopic (exact) mass is 269 g/mol. The molecule has 0 aromatic rings. The standard InChI is InChI=1S/C16H31NO2/c1-3-16(4-2)12-13(10-11-19-16)17-14-8-6-5-7-9-15(14)18/h13-15,17-18H,3-12H2,1-2H3. The molecule has 1 heterocycles. The van der Waals surface area contributed by atoms with Gasteiger partial charge in [-0.3, -0.25) is 0 Å². The Kier molecular flexibility index (Phi) is 5.67. The third kappa shape index (κ3) is 3.93. The maximum Gasteiger partial charge on any atom is 0.0693 e. The minimum absolute atomic E-state index is 0.0750. The molecule has 0 spiro atoms. The first kappa shape index (κ1) is 15.3. The number of aliphatic hydroxyl groups excluding tert-OH is 1. The molecule has 3 atom stereocenters. The van der Waals surface area contributed by atoms with Crippen molar-refractivity contribution in [3.05, 3.63) is 0 Å². The average Bonchev–Trinajstić information content (AvgIpc) is 2.64. The van der Waals surface area contributed by atoms with Crippen LogP contribution >= 0.6 is 0 Å². The Hall–Kier alpha value is -0.120. The van der Waals surface area contributed by atoms with Crippen LogP contribution in [0.3, 0.4) is 0 Å². The predicted octanol–water partition coefficient (Wildman–Crippen LogP) is 3.01. The topological polar surface area (TPSA) is 41.5 Å². The first-order chi connectivity index (χ1) is 9.19. The van der Waals surface area contributed by atoms with E-state index in [1.807, 2.05) is 0 Å². The van der Waals surface area contributed by atoms with Gasteiger partial charge >= 0.3 is 0 Å². The second-order valence-corrected chi connectivity index (χ2v) is 6.41. The van der Waals surface area contributed by atoms with Crippen LogP contribution in [0.15, 0.2) is 0 Å². The molecule has 0 radical (unpaired) electrons. The number of hydrogen-bond donors (Lipinski definition) is 2. The average molecular weight is 269 g/mol. The third-order valence-corrected chi connectivity index (χ3v) is 5.21. The lowest BCUT2D eigenvalue weighted by atomic mass is 9.85. The van der Waals surface area contributed by atoms with E-state index in [-0.39, 0.29) is 11.7 Å². The third-order valence-electron chi connectivity index (χ3n) is 5.21. The van der Waals surface area contributed by atoms with Crippen molar-refractivity contribution in [2.75, 3.05) is 6.61 Å². The predicted molar refractivity (Wildman–Crippen MR) is 78.3 cm³/mol. The molecule has 3 heteroatoms. The van der Waals surface area contributed by atoms with E-state index in [4.69, 9.17) is 4.74 Å². The molecular weight excluding hydrogens is 238 g/mol. The highest BCUT2D eigenvalue weighted by Gasteiger charge is 2.36. The Morgan fingerprint density at radius 3 is 2.58 bits per heavy atom. The molecular formula is C16H31NO2. The van der Waals surface area contributed by atoms with Crippen molar-refractivity contribution in [3.63, 3.8) is 0 Å². The van der Waals surface area contributed by atoms with Crippen LogP contribution in [0.2, 0.25) is 0 Å². The fourth-order valence-electron chi connectivity index (χ4n) is 3.70. The second kappa shape index (κ2) is 7.05. The maximum atomic E-state index is 10.2. The summed E-state index contributed by atoms with van der Waals surface area (Å²) in [4.78, 5) is 0. The Morgan fingerprint density at radius 1 is 1.11 bits per heavy atom. The molecule has 2 aliphatic rings. The molecule has 0 aromatic carbocycles. The van der Waals surface area contributed by atoms with Crippen LogP contribution in [0.1, 0.15) is 71.6 Å². The molecule has 0 bridgehead atoms. The molecule has 1 aliphatic heterocycles. The van der Waals surface area contributed by atoms with E-state index in [0.29, 0.717) is 12.1 Å². The SMILES string of the molecule is CCC1(CC)CC(NC2CCCCCC2O)CCO1. The molecule has 19 heavy (non-hydrogen) atoms. The van der Waals surface area contributed by atoms with Crippen molar-refractivity contribution in [2.45, 2.75) is 95.4 Å². The van der Waals surface area contributed by atoms with Gasteiger partial charge in [-0.2, -0.15) is 0 Å². The summed E-state index contributed by atoms with van der Waals surface area (Å²) in [6.45, 7) is 5.32. The van der Waals surface area contributed by atoms with Crippen molar-refractivity contribution in [3.8, 4) is 0 Å². The van der Waals surface area contributed by atoms with E-state index >= 15 is 0 Å². The normalized spacial score (nSPS) is 35.8. The van der Waals surface area contributed by atoms with E-state index in [9.17, 15) is 5.11 Å². The fourth-order valence-corrected chi connectivity index (χ4v) is 3.70. The summed E-state index contributed by atoms with van der Waals surface area (Å²) < 4.78 is 6.03. The number of aliphatic hydroxyl groups is 1. The van der Waals surface area contributed by atoms with Crippen molar-refractivity contribution in [2.24, 2.45) is 0 Å². The summed E-state index contributed by atoms with van der Waals surface area (Å²) >= 11 is 0. The number of rotatable bonds is 4. The van der Waals surface area contributed by atoms with Crippen LogP contribution in [-0.2, 0) is 4.74 Å². The highest BCUT2D eigenvalue weighted by atomic mass is 16.5. The number of hydrogen-bond acceptors (Lipinski definition) is 3. The van der Waals surface area contributed by atoms with E-state index in [2.05, 4.69) is 19.2 Å². The molecule has 0 aromatic heterocycles. The lowest BCUT2D eigenvalue weighted by Gasteiger charge is -2.42.